The van der Waals surface area contributed by atoms with E-state index in [4.69, 9.17) is 0 Å². The molecule has 0 aliphatic carbocycles. The Kier molecular flexibility index (Phi) is 6.32. The number of nitrogens with zero attached hydrogens (tertiary/aromatic N) is 1. The fourth-order valence-corrected chi connectivity index (χ4v) is 6.61. The van der Waals surface area contributed by atoms with E-state index in [0.29, 0.717) is 17.7 Å². The molecule has 0 spiro atoms. The normalized spacial score (nSPS) is 12.1. The number of fused-ring (bicyclic) bond motifs is 1. The highest BCUT2D eigenvalue weighted by Gasteiger charge is 2.35. The van der Waals surface area contributed by atoms with Crippen LogP contribution in [0.25, 0.3) is 10.1 Å². The van der Waals surface area contributed by atoms with E-state index in [2.05, 4.69) is 0 Å². The first-order chi connectivity index (χ1) is 16.4. The van der Waals surface area contributed by atoms with E-state index >= 15 is 0 Å². The quantitative estimate of drug-likeness (QED) is 0.294. The van der Waals surface area contributed by atoms with Crippen LogP contribution < -0.4 is 4.31 Å². The van der Waals surface area contributed by atoms with Crippen LogP contribution in [0.5, 0.6) is 0 Å². The Hall–Kier alpha value is -3.44. The van der Waals surface area contributed by atoms with Crippen molar-refractivity contribution in [2.45, 2.75) is 24.5 Å². The van der Waals surface area contributed by atoms with Gasteiger partial charge in [-0.25, -0.2) is 17.6 Å². The summed E-state index contributed by atoms with van der Waals surface area (Å²) in [5, 5.41) is 10.3. The maximum Gasteiger partial charge on any atom is 0.419 e. The number of carbonyl (C=O) groups is 1. The summed E-state index contributed by atoms with van der Waals surface area (Å²) in [6.07, 6.45) is -4.97. The average molecular weight is 524 g/mol. The largest absolute Gasteiger partial charge is 0.478 e. The van der Waals surface area contributed by atoms with Gasteiger partial charge in [0, 0.05) is 4.70 Å². The molecule has 1 heterocycles. The van der Waals surface area contributed by atoms with Crippen molar-refractivity contribution in [1.82, 2.24) is 0 Å². The number of carboxylic acids is 1. The zero-order valence-electron chi connectivity index (χ0n) is 18.0. The SMILES string of the molecule is Cc1c(N(Cc2ccc(F)c(C(F)(F)F)c2)S(=O)(=O)c2cccc(C(=O)O)c2)sc2ccccc12. The molecule has 0 fully saturated rings. The fourth-order valence-electron chi connectivity index (χ4n) is 3.64. The van der Waals surface area contributed by atoms with Crippen molar-refractivity contribution in [3.63, 3.8) is 0 Å². The Morgan fingerprint density at radius 3 is 2.40 bits per heavy atom. The number of aryl methyl sites for hydroxylation is 1. The molecule has 0 atom stereocenters. The second kappa shape index (κ2) is 8.97. The van der Waals surface area contributed by atoms with Crippen LogP contribution in [-0.4, -0.2) is 19.5 Å². The number of carboxylic acid groups (broad SMARTS) is 1. The minimum absolute atomic E-state index is 0.0893. The molecular weight excluding hydrogens is 506 g/mol. The number of aromatic carboxylic acids is 1. The molecule has 0 saturated carbocycles. The van der Waals surface area contributed by atoms with Crippen LogP contribution in [0.3, 0.4) is 0 Å². The molecule has 4 aromatic rings. The second-order valence-electron chi connectivity index (χ2n) is 7.68. The van der Waals surface area contributed by atoms with Crippen molar-refractivity contribution in [2.75, 3.05) is 4.31 Å². The standard InChI is InChI=1S/C24H17F4NO4S2/c1-14-18-7-2-3-8-21(18)34-22(14)29(13-15-9-10-20(25)19(11-15)24(26,27)28)35(32,33)17-6-4-5-16(12-17)23(30)31/h2-12H,13H2,1H3,(H,30,31). The number of rotatable bonds is 6. The van der Waals surface area contributed by atoms with Crippen LogP contribution in [0, 0.1) is 12.7 Å². The smallest absolute Gasteiger partial charge is 0.419 e. The molecule has 0 aliphatic heterocycles. The molecule has 0 aliphatic rings. The summed E-state index contributed by atoms with van der Waals surface area (Å²) in [4.78, 5) is 11.1. The van der Waals surface area contributed by atoms with Gasteiger partial charge in [0.05, 0.1) is 22.6 Å². The summed E-state index contributed by atoms with van der Waals surface area (Å²) < 4.78 is 82.9. The van der Waals surface area contributed by atoms with Crippen LogP contribution >= 0.6 is 11.3 Å². The lowest BCUT2D eigenvalue weighted by Gasteiger charge is -2.25. The van der Waals surface area contributed by atoms with Crippen LogP contribution in [0.15, 0.2) is 71.6 Å². The molecule has 1 N–H and O–H groups in total. The van der Waals surface area contributed by atoms with E-state index in [-0.39, 0.29) is 21.0 Å². The third-order valence-corrected chi connectivity index (χ3v) is 8.53. The molecule has 3 aromatic carbocycles. The molecular formula is C24H17F4NO4S2. The minimum atomic E-state index is -4.97. The third-order valence-electron chi connectivity index (χ3n) is 5.38. The van der Waals surface area contributed by atoms with Gasteiger partial charge in [-0.2, -0.15) is 13.2 Å². The molecule has 11 heteroatoms. The number of hydrogen-bond donors (Lipinski definition) is 1. The fraction of sp³-hybridized carbons (Fsp3) is 0.125. The van der Waals surface area contributed by atoms with Gasteiger partial charge < -0.3 is 5.11 Å². The number of benzene rings is 3. The summed E-state index contributed by atoms with van der Waals surface area (Å²) in [5.41, 5.74) is -1.27. The zero-order valence-corrected chi connectivity index (χ0v) is 19.6. The number of sulfonamides is 1. The van der Waals surface area contributed by atoms with Gasteiger partial charge >= 0.3 is 12.1 Å². The van der Waals surface area contributed by atoms with Crippen molar-refractivity contribution in [3.8, 4) is 0 Å². The van der Waals surface area contributed by atoms with E-state index < -0.39 is 40.1 Å². The topological polar surface area (TPSA) is 74.7 Å². The number of hydrogen-bond acceptors (Lipinski definition) is 4. The molecule has 0 unspecified atom stereocenters. The average Bonchev–Trinajstić information content (AvgIpc) is 3.13. The summed E-state index contributed by atoms with van der Waals surface area (Å²) in [7, 11) is -4.43. The predicted molar refractivity (Wildman–Crippen MR) is 125 cm³/mol. The van der Waals surface area contributed by atoms with E-state index in [9.17, 15) is 35.9 Å². The Labute approximate surface area is 201 Å². The van der Waals surface area contributed by atoms with Crippen LogP contribution in [0.1, 0.15) is 27.0 Å². The first kappa shape index (κ1) is 24.7. The number of halogens is 4. The predicted octanol–water partition coefficient (Wildman–Crippen LogP) is 6.46. The Bertz CT molecular complexity index is 1540. The number of thiophene rings is 1. The van der Waals surface area contributed by atoms with Crippen molar-refractivity contribution in [2.24, 2.45) is 0 Å². The van der Waals surface area contributed by atoms with E-state index in [1.54, 1.807) is 31.2 Å². The maximum absolute atomic E-state index is 13.8. The minimum Gasteiger partial charge on any atom is -0.478 e. The Balaban J connectivity index is 1.90. The first-order valence-electron chi connectivity index (χ1n) is 10.1. The highest BCUT2D eigenvalue weighted by atomic mass is 32.2. The summed E-state index contributed by atoms with van der Waals surface area (Å²) in [5.74, 6) is -2.80. The Morgan fingerprint density at radius 1 is 1.03 bits per heavy atom. The monoisotopic (exact) mass is 523 g/mol. The molecule has 4 rings (SSSR count). The van der Waals surface area contributed by atoms with E-state index in [0.717, 1.165) is 37.9 Å². The molecule has 0 amide bonds. The van der Waals surface area contributed by atoms with E-state index in [1.165, 1.54) is 18.2 Å². The molecule has 0 radical (unpaired) electrons. The lowest BCUT2D eigenvalue weighted by atomic mass is 10.1. The summed E-state index contributed by atoms with van der Waals surface area (Å²) >= 11 is 1.13. The molecule has 1 aromatic heterocycles. The lowest BCUT2D eigenvalue weighted by Crippen LogP contribution is -2.30. The van der Waals surface area contributed by atoms with E-state index in [1.807, 2.05) is 0 Å². The second-order valence-corrected chi connectivity index (χ2v) is 10.6. The van der Waals surface area contributed by atoms with Gasteiger partial charge in [-0.1, -0.05) is 30.3 Å². The molecule has 0 saturated heterocycles. The van der Waals surface area contributed by atoms with Gasteiger partial charge in [0.15, 0.2) is 0 Å². The number of alkyl halides is 3. The van der Waals surface area contributed by atoms with Crippen molar-refractivity contribution in [3.05, 3.63) is 94.8 Å². The zero-order chi connectivity index (χ0) is 25.5. The van der Waals surface area contributed by atoms with Gasteiger partial charge in [0.2, 0.25) is 0 Å². The Morgan fingerprint density at radius 2 is 1.74 bits per heavy atom. The summed E-state index contributed by atoms with van der Waals surface area (Å²) in [6, 6.07) is 14.1. The van der Waals surface area contributed by atoms with Gasteiger partial charge in [-0.05, 0) is 59.8 Å². The van der Waals surface area contributed by atoms with Gasteiger partial charge in [-0.15, -0.1) is 11.3 Å². The van der Waals surface area contributed by atoms with Crippen LogP contribution in [0.4, 0.5) is 22.6 Å². The van der Waals surface area contributed by atoms with Gasteiger partial charge in [0.1, 0.15) is 10.8 Å². The van der Waals surface area contributed by atoms with Gasteiger partial charge in [0.25, 0.3) is 10.0 Å². The van der Waals surface area contributed by atoms with Crippen LogP contribution in [-0.2, 0) is 22.7 Å². The van der Waals surface area contributed by atoms with Crippen molar-refractivity contribution < 1.29 is 35.9 Å². The molecule has 0 bridgehead atoms. The van der Waals surface area contributed by atoms with Crippen LogP contribution in [0.2, 0.25) is 0 Å². The third kappa shape index (κ3) is 4.73. The molecule has 5 nitrogen and oxygen atoms in total. The van der Waals surface area contributed by atoms with Crippen molar-refractivity contribution in [1.29, 1.82) is 0 Å². The highest BCUT2D eigenvalue weighted by Crippen LogP contribution is 2.41. The lowest BCUT2D eigenvalue weighted by molar-refractivity contribution is -0.140. The number of anilines is 1. The molecule has 35 heavy (non-hydrogen) atoms. The van der Waals surface area contributed by atoms with Crippen molar-refractivity contribution >= 4 is 42.4 Å². The maximum atomic E-state index is 13.8. The first-order valence-corrected chi connectivity index (χ1v) is 12.3. The van der Waals surface area contributed by atoms with Gasteiger partial charge in [-0.3, -0.25) is 4.31 Å². The summed E-state index contributed by atoms with van der Waals surface area (Å²) in [6.45, 7) is 1.16. The highest BCUT2D eigenvalue weighted by molar-refractivity contribution is 7.93. The molecule has 182 valence electrons.